The Balaban J connectivity index is 2.05. The molecule has 1 N–H and O–H groups in total. The molecule has 6 heteroatoms. The molecule has 0 saturated heterocycles. The van der Waals surface area contributed by atoms with E-state index in [0.717, 1.165) is 0 Å². The third-order valence-corrected chi connectivity index (χ3v) is 5.32. The summed E-state index contributed by atoms with van der Waals surface area (Å²) < 4.78 is 7.63. The zero-order valence-electron chi connectivity index (χ0n) is 18.4. The predicted molar refractivity (Wildman–Crippen MR) is 123 cm³/mol. The Labute approximate surface area is 183 Å². The van der Waals surface area contributed by atoms with Crippen LogP contribution in [-0.4, -0.2) is 27.1 Å². The number of ether oxygens (including phenoxy) is 1. The molecule has 31 heavy (non-hydrogen) atoms. The Kier molecular flexibility index (Phi) is 7.98. The number of rotatable bonds is 10. The van der Waals surface area contributed by atoms with Crippen molar-refractivity contribution in [3.63, 3.8) is 0 Å². The van der Waals surface area contributed by atoms with Gasteiger partial charge in [-0.3, -0.25) is 19.2 Å². The standard InChI is InChI=1S/C25H31N3O3/c1-4-31-24(28-16-15-22(29)26-25(28)30)23(19(2)3)27(17-20-11-7-5-8-12-20)18-21-13-9-6-10-14-21/h5-16,19,23-24H,4,17-18H2,1-3H3,(H,26,29,30)/t23-,24+/m0/s1. The summed E-state index contributed by atoms with van der Waals surface area (Å²) in [6, 6.07) is 21.8. The van der Waals surface area contributed by atoms with E-state index in [9.17, 15) is 9.59 Å². The van der Waals surface area contributed by atoms with Crippen molar-refractivity contribution in [2.24, 2.45) is 5.92 Å². The molecule has 3 rings (SSSR count). The number of nitrogens with one attached hydrogen (secondary N) is 1. The van der Waals surface area contributed by atoms with Crippen molar-refractivity contribution in [3.8, 4) is 0 Å². The molecule has 0 unspecified atom stereocenters. The van der Waals surface area contributed by atoms with Crippen LogP contribution in [0.1, 0.15) is 38.1 Å². The average Bonchev–Trinajstić information content (AvgIpc) is 2.75. The molecule has 1 aromatic heterocycles. The van der Waals surface area contributed by atoms with E-state index in [-0.39, 0.29) is 12.0 Å². The van der Waals surface area contributed by atoms with Gasteiger partial charge in [0.25, 0.3) is 5.56 Å². The van der Waals surface area contributed by atoms with Gasteiger partial charge >= 0.3 is 5.69 Å². The molecule has 0 saturated carbocycles. The molecular formula is C25H31N3O3. The number of aromatic nitrogens is 2. The minimum Gasteiger partial charge on any atom is -0.356 e. The van der Waals surface area contributed by atoms with Crippen molar-refractivity contribution >= 4 is 0 Å². The number of hydrogen-bond donors (Lipinski definition) is 1. The SMILES string of the molecule is CCO[C@H]([C@H](C(C)C)N(Cc1ccccc1)Cc1ccccc1)n1ccc(=O)[nH]c1=O. The zero-order valence-corrected chi connectivity index (χ0v) is 18.4. The van der Waals surface area contributed by atoms with Gasteiger partial charge in [0.15, 0.2) is 6.23 Å². The summed E-state index contributed by atoms with van der Waals surface area (Å²) in [6.07, 6.45) is 0.988. The molecule has 2 aromatic carbocycles. The van der Waals surface area contributed by atoms with Gasteiger partial charge in [0.2, 0.25) is 0 Å². The second kappa shape index (κ2) is 10.9. The highest BCUT2D eigenvalue weighted by atomic mass is 16.5. The summed E-state index contributed by atoms with van der Waals surface area (Å²) in [5.41, 5.74) is 1.50. The number of nitrogens with zero attached hydrogens (tertiary/aromatic N) is 2. The van der Waals surface area contributed by atoms with Gasteiger partial charge in [-0.25, -0.2) is 4.79 Å². The minimum atomic E-state index is -0.540. The topological polar surface area (TPSA) is 67.3 Å². The third kappa shape index (κ3) is 6.03. The van der Waals surface area contributed by atoms with E-state index in [2.05, 4.69) is 48.0 Å². The summed E-state index contributed by atoms with van der Waals surface area (Å²) in [5.74, 6) is 0.183. The lowest BCUT2D eigenvalue weighted by molar-refractivity contribution is -0.0783. The fourth-order valence-corrected chi connectivity index (χ4v) is 3.98. The Bertz CT molecular complexity index is 1000. The van der Waals surface area contributed by atoms with Gasteiger partial charge in [-0.1, -0.05) is 74.5 Å². The lowest BCUT2D eigenvalue weighted by atomic mass is 9.98. The average molecular weight is 422 g/mol. The van der Waals surface area contributed by atoms with Crippen LogP contribution in [0.15, 0.2) is 82.5 Å². The molecule has 0 aliphatic rings. The number of benzene rings is 2. The maximum Gasteiger partial charge on any atom is 0.330 e. The van der Waals surface area contributed by atoms with Crippen LogP contribution in [0.4, 0.5) is 0 Å². The highest BCUT2D eigenvalue weighted by Crippen LogP contribution is 2.27. The molecule has 0 aliphatic carbocycles. The second-order valence-corrected chi connectivity index (χ2v) is 7.97. The summed E-state index contributed by atoms with van der Waals surface area (Å²) >= 11 is 0. The summed E-state index contributed by atoms with van der Waals surface area (Å²) in [6.45, 7) is 8.05. The highest BCUT2D eigenvalue weighted by Gasteiger charge is 2.33. The maximum absolute atomic E-state index is 12.6. The fraction of sp³-hybridized carbons (Fsp3) is 0.360. The molecule has 2 atom stereocenters. The monoisotopic (exact) mass is 421 g/mol. The van der Waals surface area contributed by atoms with Crippen LogP contribution in [0.3, 0.4) is 0 Å². The molecule has 0 bridgehead atoms. The molecule has 164 valence electrons. The maximum atomic E-state index is 12.6. The molecule has 0 fully saturated rings. The first-order chi connectivity index (χ1) is 15.0. The summed E-state index contributed by atoms with van der Waals surface area (Å²) in [5, 5.41) is 0. The van der Waals surface area contributed by atoms with E-state index in [1.165, 1.54) is 28.0 Å². The Morgan fingerprint density at radius 2 is 1.45 bits per heavy atom. The molecule has 6 nitrogen and oxygen atoms in total. The van der Waals surface area contributed by atoms with E-state index in [1.807, 2.05) is 43.3 Å². The van der Waals surface area contributed by atoms with Gasteiger partial charge in [0.05, 0.1) is 6.04 Å². The summed E-state index contributed by atoms with van der Waals surface area (Å²) in [7, 11) is 0. The smallest absolute Gasteiger partial charge is 0.330 e. The van der Waals surface area contributed by atoms with Gasteiger partial charge in [0.1, 0.15) is 0 Å². The Morgan fingerprint density at radius 1 is 0.903 bits per heavy atom. The zero-order chi connectivity index (χ0) is 22.2. The van der Waals surface area contributed by atoms with Gasteiger partial charge in [-0.2, -0.15) is 0 Å². The van der Waals surface area contributed by atoms with Gasteiger partial charge in [0, 0.05) is 32.0 Å². The lowest BCUT2D eigenvalue weighted by Crippen LogP contribution is -2.48. The first-order valence-corrected chi connectivity index (χ1v) is 10.7. The van der Waals surface area contributed by atoms with Crippen LogP contribution < -0.4 is 11.2 Å². The van der Waals surface area contributed by atoms with Crippen molar-refractivity contribution in [2.45, 2.75) is 46.1 Å². The van der Waals surface area contributed by atoms with Crippen molar-refractivity contribution in [2.75, 3.05) is 6.61 Å². The molecule has 3 aromatic rings. The predicted octanol–water partition coefficient (Wildman–Crippen LogP) is 3.80. The normalized spacial score (nSPS) is 13.5. The number of H-pyrrole nitrogens is 1. The molecule has 0 amide bonds. The van der Waals surface area contributed by atoms with Gasteiger partial charge < -0.3 is 4.74 Å². The van der Waals surface area contributed by atoms with Crippen LogP contribution in [0.25, 0.3) is 0 Å². The van der Waals surface area contributed by atoms with E-state index in [1.54, 1.807) is 0 Å². The van der Waals surface area contributed by atoms with Crippen molar-refractivity contribution in [1.29, 1.82) is 0 Å². The van der Waals surface area contributed by atoms with Crippen molar-refractivity contribution in [1.82, 2.24) is 14.5 Å². The first kappa shape index (κ1) is 22.7. The largest absolute Gasteiger partial charge is 0.356 e. The molecule has 1 heterocycles. The van der Waals surface area contributed by atoms with E-state index in [0.29, 0.717) is 19.7 Å². The highest BCUT2D eigenvalue weighted by molar-refractivity contribution is 5.17. The molecule has 0 aliphatic heterocycles. The quantitative estimate of drug-likeness (QED) is 0.541. The number of hydrogen-bond acceptors (Lipinski definition) is 4. The third-order valence-electron chi connectivity index (χ3n) is 5.32. The van der Waals surface area contributed by atoms with Crippen LogP contribution in [0.2, 0.25) is 0 Å². The van der Waals surface area contributed by atoms with Gasteiger partial charge in [-0.15, -0.1) is 0 Å². The first-order valence-electron chi connectivity index (χ1n) is 10.7. The Morgan fingerprint density at radius 3 is 1.90 bits per heavy atom. The minimum absolute atomic E-state index is 0.107. The van der Waals surface area contributed by atoms with Crippen molar-refractivity contribution < 1.29 is 4.74 Å². The lowest BCUT2D eigenvalue weighted by Gasteiger charge is -2.40. The molecular weight excluding hydrogens is 390 g/mol. The molecule has 0 spiro atoms. The van der Waals surface area contributed by atoms with Crippen LogP contribution in [-0.2, 0) is 17.8 Å². The van der Waals surface area contributed by atoms with Crippen molar-refractivity contribution in [3.05, 3.63) is 105 Å². The molecule has 0 radical (unpaired) electrons. The van der Waals surface area contributed by atoms with Crippen LogP contribution >= 0.6 is 0 Å². The fourth-order valence-electron chi connectivity index (χ4n) is 3.98. The van der Waals surface area contributed by atoms with E-state index < -0.39 is 17.5 Å². The van der Waals surface area contributed by atoms with Crippen LogP contribution in [0.5, 0.6) is 0 Å². The second-order valence-electron chi connectivity index (χ2n) is 7.97. The number of aromatic amines is 1. The van der Waals surface area contributed by atoms with Crippen LogP contribution in [0, 0.1) is 5.92 Å². The van der Waals surface area contributed by atoms with E-state index in [4.69, 9.17) is 4.74 Å². The van der Waals surface area contributed by atoms with E-state index >= 15 is 0 Å². The summed E-state index contributed by atoms with van der Waals surface area (Å²) in [4.78, 5) is 29.0. The Hall–Kier alpha value is -2.96. The van der Waals surface area contributed by atoms with Gasteiger partial charge in [-0.05, 0) is 24.0 Å².